The lowest BCUT2D eigenvalue weighted by molar-refractivity contribution is 0.0602. The van der Waals surface area contributed by atoms with Gasteiger partial charge < -0.3 is 19.1 Å². The molecule has 1 aromatic heterocycles. The average molecular weight is 412 g/mol. The second-order valence-corrected chi connectivity index (χ2v) is 7.71. The van der Waals surface area contributed by atoms with E-state index in [4.69, 9.17) is 4.74 Å². The lowest BCUT2D eigenvalue weighted by Crippen LogP contribution is -2.52. The molecule has 3 aromatic rings. The molecule has 1 atom stereocenters. The number of methoxy groups -OCH3 is 1. The molecule has 26 heavy (non-hydrogen) atoms. The molecule has 0 spiro atoms. The molecular formula is C20H18BrN3O2. The van der Waals surface area contributed by atoms with E-state index in [1.54, 1.807) is 7.11 Å². The molecule has 5 nitrogen and oxygen atoms in total. The van der Waals surface area contributed by atoms with E-state index in [1.807, 2.05) is 29.2 Å². The number of anilines is 1. The summed E-state index contributed by atoms with van der Waals surface area (Å²) in [5.74, 6) is 0.944. The van der Waals surface area contributed by atoms with Crippen molar-refractivity contribution in [3.05, 3.63) is 58.2 Å². The van der Waals surface area contributed by atoms with E-state index in [0.717, 1.165) is 39.1 Å². The normalized spacial score (nSPS) is 18.6. The first-order chi connectivity index (χ1) is 12.6. The predicted molar refractivity (Wildman–Crippen MR) is 105 cm³/mol. The second kappa shape index (κ2) is 5.51. The largest absolute Gasteiger partial charge is 0.497 e. The fraction of sp³-hybridized carbons (Fsp3) is 0.250. The van der Waals surface area contributed by atoms with Crippen molar-refractivity contribution in [3.8, 4) is 5.75 Å². The van der Waals surface area contributed by atoms with Crippen molar-refractivity contribution >= 4 is 38.4 Å². The molecule has 0 N–H and O–H groups in total. The standard InChI is InChI=1S/C20H18BrN3O2/c1-22-17-5-3-13(21)11-15(17)20(25)24-8-7-23-16-6-4-14(26-2)9-12(16)10-18(23)19(22)24/h3-6,9-11,19H,7-8H2,1-2H3. The van der Waals surface area contributed by atoms with Crippen molar-refractivity contribution in [2.75, 3.05) is 25.6 Å². The number of aromatic nitrogens is 1. The van der Waals surface area contributed by atoms with Gasteiger partial charge in [0.15, 0.2) is 0 Å². The Morgan fingerprint density at radius 2 is 1.96 bits per heavy atom. The average Bonchev–Trinajstić information content (AvgIpc) is 3.03. The zero-order valence-electron chi connectivity index (χ0n) is 14.6. The molecule has 0 radical (unpaired) electrons. The van der Waals surface area contributed by atoms with Crippen LogP contribution < -0.4 is 9.64 Å². The van der Waals surface area contributed by atoms with E-state index in [2.05, 4.69) is 50.6 Å². The van der Waals surface area contributed by atoms with Crippen LogP contribution in [0.15, 0.2) is 46.9 Å². The molecule has 0 saturated carbocycles. The summed E-state index contributed by atoms with van der Waals surface area (Å²) in [4.78, 5) is 17.3. The number of benzene rings is 2. The van der Waals surface area contributed by atoms with E-state index < -0.39 is 0 Å². The summed E-state index contributed by atoms with van der Waals surface area (Å²) in [6.45, 7) is 1.49. The Morgan fingerprint density at radius 3 is 2.77 bits per heavy atom. The van der Waals surface area contributed by atoms with Gasteiger partial charge in [-0.2, -0.15) is 0 Å². The fourth-order valence-electron chi connectivity index (χ4n) is 4.24. The Balaban J connectivity index is 1.70. The van der Waals surface area contributed by atoms with Crippen LogP contribution in [-0.2, 0) is 6.54 Å². The van der Waals surface area contributed by atoms with Crippen LogP contribution in [0.3, 0.4) is 0 Å². The van der Waals surface area contributed by atoms with Gasteiger partial charge in [-0.3, -0.25) is 4.79 Å². The molecule has 5 rings (SSSR count). The monoisotopic (exact) mass is 411 g/mol. The van der Waals surface area contributed by atoms with Crippen LogP contribution in [0.2, 0.25) is 0 Å². The number of rotatable bonds is 1. The molecule has 1 unspecified atom stereocenters. The quantitative estimate of drug-likeness (QED) is 0.606. The van der Waals surface area contributed by atoms with Crippen LogP contribution in [0.1, 0.15) is 22.2 Å². The first kappa shape index (κ1) is 15.8. The van der Waals surface area contributed by atoms with Crippen molar-refractivity contribution in [1.82, 2.24) is 9.47 Å². The number of carbonyl (C=O) groups is 1. The van der Waals surface area contributed by atoms with Gasteiger partial charge in [0.25, 0.3) is 5.91 Å². The zero-order chi connectivity index (χ0) is 18.0. The Morgan fingerprint density at radius 1 is 1.12 bits per heavy atom. The minimum Gasteiger partial charge on any atom is -0.497 e. The van der Waals surface area contributed by atoms with Gasteiger partial charge in [-0.05, 0) is 42.5 Å². The van der Waals surface area contributed by atoms with Gasteiger partial charge in [0, 0.05) is 35.5 Å². The molecule has 3 heterocycles. The number of hydrogen-bond donors (Lipinski definition) is 0. The highest BCUT2D eigenvalue weighted by molar-refractivity contribution is 9.10. The fourth-order valence-corrected chi connectivity index (χ4v) is 4.61. The Labute approximate surface area is 159 Å². The Hall–Kier alpha value is -2.47. The van der Waals surface area contributed by atoms with Crippen LogP contribution in [0, 0.1) is 0 Å². The Kier molecular flexibility index (Phi) is 3.34. The Bertz CT molecular complexity index is 1060. The highest BCUT2D eigenvalue weighted by Crippen LogP contribution is 2.42. The third kappa shape index (κ3) is 2.05. The summed E-state index contributed by atoms with van der Waals surface area (Å²) in [5, 5.41) is 1.14. The third-order valence-electron chi connectivity index (χ3n) is 5.46. The number of ether oxygens (including phenoxy) is 1. The van der Waals surface area contributed by atoms with Gasteiger partial charge in [-0.25, -0.2) is 0 Å². The number of halogens is 1. The number of nitrogens with zero attached hydrogens (tertiary/aromatic N) is 3. The molecule has 1 amide bonds. The van der Waals surface area contributed by atoms with Crippen LogP contribution in [0.5, 0.6) is 5.75 Å². The van der Waals surface area contributed by atoms with Crippen molar-refractivity contribution in [2.24, 2.45) is 0 Å². The van der Waals surface area contributed by atoms with Crippen molar-refractivity contribution in [1.29, 1.82) is 0 Å². The summed E-state index contributed by atoms with van der Waals surface area (Å²) in [7, 11) is 3.74. The van der Waals surface area contributed by atoms with Crippen molar-refractivity contribution in [3.63, 3.8) is 0 Å². The lowest BCUT2D eigenvalue weighted by Gasteiger charge is -2.46. The summed E-state index contributed by atoms with van der Waals surface area (Å²) in [6, 6.07) is 14.2. The van der Waals surface area contributed by atoms with Crippen molar-refractivity contribution < 1.29 is 9.53 Å². The summed E-state index contributed by atoms with van der Waals surface area (Å²) in [6.07, 6.45) is -0.0941. The zero-order valence-corrected chi connectivity index (χ0v) is 16.2. The minimum atomic E-state index is -0.0941. The molecule has 2 aromatic carbocycles. The molecule has 0 aliphatic carbocycles. The summed E-state index contributed by atoms with van der Waals surface area (Å²) >= 11 is 3.48. The first-order valence-electron chi connectivity index (χ1n) is 8.59. The van der Waals surface area contributed by atoms with Gasteiger partial charge in [-0.1, -0.05) is 15.9 Å². The number of amides is 1. The second-order valence-electron chi connectivity index (χ2n) is 6.79. The SMILES string of the molecule is COc1ccc2c(c1)cc1n2CCN2C(=O)c3cc(Br)ccc3N(C)C12. The topological polar surface area (TPSA) is 37.7 Å². The predicted octanol–water partition coefficient (Wildman–Crippen LogP) is 4.02. The molecule has 0 saturated heterocycles. The van der Waals surface area contributed by atoms with E-state index in [0.29, 0.717) is 6.54 Å². The smallest absolute Gasteiger partial charge is 0.258 e. The van der Waals surface area contributed by atoms with E-state index in [9.17, 15) is 4.79 Å². The summed E-state index contributed by atoms with van der Waals surface area (Å²) < 4.78 is 8.62. The van der Waals surface area contributed by atoms with Gasteiger partial charge in [0.05, 0.1) is 24.1 Å². The van der Waals surface area contributed by atoms with Gasteiger partial charge >= 0.3 is 0 Å². The first-order valence-corrected chi connectivity index (χ1v) is 9.38. The van der Waals surface area contributed by atoms with Crippen LogP contribution in [0.25, 0.3) is 10.9 Å². The maximum atomic E-state index is 13.1. The van der Waals surface area contributed by atoms with Gasteiger partial charge in [0.2, 0.25) is 0 Å². The summed E-state index contributed by atoms with van der Waals surface area (Å²) in [5.41, 5.74) is 4.05. The van der Waals surface area contributed by atoms with E-state index in [-0.39, 0.29) is 12.1 Å². The molecule has 0 bridgehead atoms. The maximum Gasteiger partial charge on any atom is 0.258 e. The highest BCUT2D eigenvalue weighted by Gasteiger charge is 2.40. The molecular weight excluding hydrogens is 394 g/mol. The van der Waals surface area contributed by atoms with Gasteiger partial charge in [-0.15, -0.1) is 0 Å². The molecule has 2 aliphatic rings. The van der Waals surface area contributed by atoms with Gasteiger partial charge in [0.1, 0.15) is 11.9 Å². The van der Waals surface area contributed by atoms with Crippen molar-refractivity contribution in [2.45, 2.75) is 12.7 Å². The van der Waals surface area contributed by atoms with Crippen LogP contribution >= 0.6 is 15.9 Å². The van der Waals surface area contributed by atoms with Crippen LogP contribution in [0.4, 0.5) is 5.69 Å². The maximum absolute atomic E-state index is 13.1. The molecule has 132 valence electrons. The molecule has 6 heteroatoms. The molecule has 0 fully saturated rings. The number of fused-ring (bicyclic) bond motifs is 6. The lowest BCUT2D eigenvalue weighted by atomic mass is 10.0. The number of hydrogen-bond acceptors (Lipinski definition) is 3. The van der Waals surface area contributed by atoms with E-state index in [1.165, 1.54) is 5.52 Å². The third-order valence-corrected chi connectivity index (χ3v) is 5.95. The van der Waals surface area contributed by atoms with E-state index >= 15 is 0 Å². The molecule has 2 aliphatic heterocycles. The minimum absolute atomic E-state index is 0.0941. The number of carbonyl (C=O) groups excluding carboxylic acids is 1. The van der Waals surface area contributed by atoms with Crippen LogP contribution in [-0.4, -0.2) is 36.1 Å². The highest BCUT2D eigenvalue weighted by atomic mass is 79.9.